The molecule has 1 aromatic heterocycles. The Morgan fingerprint density at radius 3 is 2.60 bits per heavy atom. The Kier molecular flexibility index (Phi) is 5.46. The molecular weight excluding hydrogens is 334 g/mol. The molecule has 3 aromatic rings. The van der Waals surface area contributed by atoms with Gasteiger partial charge < -0.3 is 9.53 Å². The van der Waals surface area contributed by atoms with Crippen molar-refractivity contribution in [3.05, 3.63) is 82.6 Å². The summed E-state index contributed by atoms with van der Waals surface area (Å²) in [5, 5.41) is 0.694. The van der Waals surface area contributed by atoms with Crippen molar-refractivity contribution >= 4 is 17.9 Å². The molecule has 2 aromatic carbocycles. The molecule has 0 aliphatic rings. The van der Waals surface area contributed by atoms with Gasteiger partial charge in [0.2, 0.25) is 0 Å². The molecule has 0 amide bonds. The number of carbonyl (C=O) groups is 1. The van der Waals surface area contributed by atoms with E-state index in [1.54, 1.807) is 7.11 Å². The van der Waals surface area contributed by atoms with Gasteiger partial charge in [0.05, 0.1) is 7.11 Å². The van der Waals surface area contributed by atoms with Gasteiger partial charge in [0.25, 0.3) is 0 Å². The Morgan fingerprint density at radius 2 is 1.92 bits per heavy atom. The second kappa shape index (κ2) is 7.95. The van der Waals surface area contributed by atoms with Crippen molar-refractivity contribution in [1.82, 2.24) is 4.98 Å². The molecule has 3 rings (SSSR count). The Hall–Kier alpha value is -2.65. The minimum Gasteiger partial charge on any atom is -0.496 e. The number of benzene rings is 2. The van der Waals surface area contributed by atoms with E-state index in [0.717, 1.165) is 46.4 Å². The maximum absolute atomic E-state index is 10.5. The summed E-state index contributed by atoms with van der Waals surface area (Å²) >= 11 is 6.13. The molecule has 0 saturated carbocycles. The molecule has 25 heavy (non-hydrogen) atoms. The van der Waals surface area contributed by atoms with Crippen LogP contribution >= 0.6 is 11.6 Å². The summed E-state index contributed by atoms with van der Waals surface area (Å²) in [5.74, 6) is 0.811. The van der Waals surface area contributed by atoms with Crippen molar-refractivity contribution in [3.8, 4) is 16.9 Å². The third kappa shape index (κ3) is 4.25. The van der Waals surface area contributed by atoms with Crippen LogP contribution in [-0.2, 0) is 17.6 Å². The monoisotopic (exact) mass is 351 g/mol. The van der Waals surface area contributed by atoms with Gasteiger partial charge in [-0.25, -0.2) is 0 Å². The molecular formula is C21H18ClNO2. The third-order valence-electron chi connectivity index (χ3n) is 3.99. The predicted octanol–water partition coefficient (Wildman–Crippen LogP) is 4.74. The smallest absolute Gasteiger partial charge is 0.126 e. The second-order valence-corrected chi connectivity index (χ2v) is 6.19. The van der Waals surface area contributed by atoms with Crippen LogP contribution in [-0.4, -0.2) is 18.4 Å². The first-order valence-electron chi connectivity index (χ1n) is 8.00. The summed E-state index contributed by atoms with van der Waals surface area (Å²) in [6.07, 6.45) is 3.79. The molecule has 0 aliphatic heterocycles. The number of rotatable bonds is 6. The standard InChI is InChI=1S/C21H18ClNO2/c1-25-21-8-6-15(11-16-5-7-19(9-10-24)23-14-16)12-20(21)17-3-2-4-18(22)13-17/h2-8,10,12-14H,9,11H2,1H3. The Labute approximate surface area is 152 Å². The molecule has 0 radical (unpaired) electrons. The molecule has 3 nitrogen and oxygen atoms in total. The number of carbonyl (C=O) groups excluding carboxylic acids is 1. The van der Waals surface area contributed by atoms with E-state index < -0.39 is 0 Å². The van der Waals surface area contributed by atoms with E-state index in [9.17, 15) is 4.79 Å². The molecule has 0 spiro atoms. The lowest BCUT2D eigenvalue weighted by Gasteiger charge is -2.12. The van der Waals surface area contributed by atoms with Crippen LogP contribution in [0.2, 0.25) is 5.02 Å². The average Bonchev–Trinajstić information content (AvgIpc) is 2.63. The Morgan fingerprint density at radius 1 is 1.08 bits per heavy atom. The van der Waals surface area contributed by atoms with Crippen molar-refractivity contribution < 1.29 is 9.53 Å². The van der Waals surface area contributed by atoms with Crippen molar-refractivity contribution in [2.75, 3.05) is 7.11 Å². The predicted molar refractivity (Wildman–Crippen MR) is 100 cm³/mol. The van der Waals surface area contributed by atoms with Crippen LogP contribution in [0.1, 0.15) is 16.8 Å². The normalized spacial score (nSPS) is 10.5. The van der Waals surface area contributed by atoms with Gasteiger partial charge >= 0.3 is 0 Å². The lowest BCUT2D eigenvalue weighted by molar-refractivity contribution is -0.107. The van der Waals surface area contributed by atoms with Gasteiger partial charge in [0, 0.05) is 28.9 Å². The fraction of sp³-hybridized carbons (Fsp3) is 0.143. The number of methoxy groups -OCH3 is 1. The van der Waals surface area contributed by atoms with Gasteiger partial charge in [-0.2, -0.15) is 0 Å². The summed E-state index contributed by atoms with van der Waals surface area (Å²) < 4.78 is 5.50. The van der Waals surface area contributed by atoms with Crippen LogP contribution < -0.4 is 4.74 Å². The fourth-order valence-corrected chi connectivity index (χ4v) is 2.94. The number of nitrogens with zero attached hydrogens (tertiary/aromatic N) is 1. The number of aldehydes is 1. The fourth-order valence-electron chi connectivity index (χ4n) is 2.75. The third-order valence-corrected chi connectivity index (χ3v) is 4.22. The van der Waals surface area contributed by atoms with Crippen molar-refractivity contribution in [1.29, 1.82) is 0 Å². The van der Waals surface area contributed by atoms with Crippen molar-refractivity contribution in [2.24, 2.45) is 0 Å². The van der Waals surface area contributed by atoms with Crippen LogP contribution in [0.15, 0.2) is 60.8 Å². The van der Waals surface area contributed by atoms with E-state index in [4.69, 9.17) is 16.3 Å². The van der Waals surface area contributed by atoms with Gasteiger partial charge in [-0.15, -0.1) is 0 Å². The van der Waals surface area contributed by atoms with Crippen LogP contribution in [0.25, 0.3) is 11.1 Å². The number of hydrogen-bond donors (Lipinski definition) is 0. The number of pyridine rings is 1. The number of hydrogen-bond acceptors (Lipinski definition) is 3. The number of aromatic nitrogens is 1. The van der Waals surface area contributed by atoms with E-state index in [1.165, 1.54) is 0 Å². The lowest BCUT2D eigenvalue weighted by atomic mass is 9.98. The first kappa shape index (κ1) is 17.2. The highest BCUT2D eigenvalue weighted by molar-refractivity contribution is 6.30. The zero-order valence-electron chi connectivity index (χ0n) is 13.9. The molecule has 0 fully saturated rings. The molecule has 126 valence electrons. The molecule has 4 heteroatoms. The maximum atomic E-state index is 10.5. The lowest BCUT2D eigenvalue weighted by Crippen LogP contribution is -1.95. The summed E-state index contributed by atoms with van der Waals surface area (Å²) in [5.41, 5.74) is 5.06. The van der Waals surface area contributed by atoms with E-state index >= 15 is 0 Å². The summed E-state index contributed by atoms with van der Waals surface area (Å²) in [4.78, 5) is 14.9. The number of ether oxygens (including phenoxy) is 1. The maximum Gasteiger partial charge on any atom is 0.126 e. The van der Waals surface area contributed by atoms with Crippen LogP contribution in [0.4, 0.5) is 0 Å². The van der Waals surface area contributed by atoms with Crippen LogP contribution in [0, 0.1) is 0 Å². The molecule has 0 N–H and O–H groups in total. The van der Waals surface area contributed by atoms with Crippen molar-refractivity contribution in [3.63, 3.8) is 0 Å². The highest BCUT2D eigenvalue weighted by Crippen LogP contribution is 2.32. The quantitative estimate of drug-likeness (QED) is 0.602. The molecule has 0 bridgehead atoms. The first-order chi connectivity index (χ1) is 12.2. The largest absolute Gasteiger partial charge is 0.496 e. The van der Waals surface area contributed by atoms with Gasteiger partial charge in [-0.1, -0.05) is 35.9 Å². The highest BCUT2D eigenvalue weighted by Gasteiger charge is 2.08. The van der Waals surface area contributed by atoms with Gasteiger partial charge in [0.15, 0.2) is 0 Å². The molecule has 0 aliphatic carbocycles. The van der Waals surface area contributed by atoms with Gasteiger partial charge in [0.1, 0.15) is 12.0 Å². The van der Waals surface area contributed by atoms with Crippen LogP contribution in [0.5, 0.6) is 5.75 Å². The Balaban J connectivity index is 1.90. The van der Waals surface area contributed by atoms with E-state index in [2.05, 4.69) is 11.1 Å². The minimum atomic E-state index is 0.349. The average molecular weight is 352 g/mol. The van der Waals surface area contributed by atoms with Gasteiger partial charge in [-0.05, 0) is 53.4 Å². The highest BCUT2D eigenvalue weighted by atomic mass is 35.5. The van der Waals surface area contributed by atoms with E-state index in [-0.39, 0.29) is 0 Å². The topological polar surface area (TPSA) is 39.2 Å². The Bertz CT molecular complexity index is 875. The summed E-state index contributed by atoms with van der Waals surface area (Å²) in [6.45, 7) is 0. The first-order valence-corrected chi connectivity index (χ1v) is 8.37. The SMILES string of the molecule is COc1ccc(Cc2ccc(CC=O)nc2)cc1-c1cccc(Cl)c1. The van der Waals surface area contributed by atoms with Gasteiger partial charge in [-0.3, -0.25) is 4.98 Å². The zero-order chi connectivity index (χ0) is 17.6. The molecule has 0 atom stereocenters. The van der Waals surface area contributed by atoms with Crippen LogP contribution in [0.3, 0.4) is 0 Å². The minimum absolute atomic E-state index is 0.349. The molecule has 0 unspecified atom stereocenters. The van der Waals surface area contributed by atoms with E-state index in [0.29, 0.717) is 11.4 Å². The summed E-state index contributed by atoms with van der Waals surface area (Å²) in [7, 11) is 1.67. The van der Waals surface area contributed by atoms with Crippen molar-refractivity contribution in [2.45, 2.75) is 12.8 Å². The molecule has 0 saturated heterocycles. The number of halogens is 1. The summed E-state index contributed by atoms with van der Waals surface area (Å²) in [6, 6.07) is 17.8. The molecule has 1 heterocycles. The second-order valence-electron chi connectivity index (χ2n) is 5.75. The zero-order valence-corrected chi connectivity index (χ0v) is 14.7. The van der Waals surface area contributed by atoms with E-state index in [1.807, 2.05) is 54.7 Å².